The molecule has 0 saturated carbocycles. The number of rotatable bonds is 5. The average molecular weight is 208 g/mol. The topological polar surface area (TPSA) is 20.2 Å². The summed E-state index contributed by atoms with van der Waals surface area (Å²) in [5, 5.41) is 0. The van der Waals surface area contributed by atoms with Crippen LogP contribution in [0.4, 0.5) is 0 Å². The van der Waals surface area contributed by atoms with Crippen LogP contribution in [0.5, 0.6) is 0 Å². The molecule has 0 amide bonds. The molecule has 0 aliphatic carbocycles. The number of hydrogen-bond donors (Lipinski definition) is 1. The zero-order valence-electron chi connectivity index (χ0n) is 8.23. The van der Waals surface area contributed by atoms with Gasteiger partial charge in [0.05, 0.1) is 0 Å². The second kappa shape index (κ2) is 5.03. The highest BCUT2D eigenvalue weighted by Crippen LogP contribution is 2.51. The molecule has 0 bridgehead atoms. The molecule has 1 aromatic rings. The molecule has 1 N–H and O–H groups in total. The molecule has 1 aromatic carbocycles. The van der Waals surface area contributed by atoms with Gasteiger partial charge >= 0.3 is 0 Å². The Morgan fingerprint density at radius 1 is 1.07 bits per heavy atom. The Balaban J connectivity index is 2.98. The quantitative estimate of drug-likeness (QED) is 0.732. The summed E-state index contributed by atoms with van der Waals surface area (Å²) in [4.78, 5) is 1.000. The third kappa shape index (κ3) is 2.50. The zero-order chi connectivity index (χ0) is 10.4. The van der Waals surface area contributed by atoms with Gasteiger partial charge in [-0.15, -0.1) is 23.5 Å². The largest absolute Gasteiger partial charge is 0.347 e. The lowest BCUT2D eigenvalue weighted by Gasteiger charge is -2.32. The standard InChI is InChI=1S/C12H16OS/c1-3-10-14(13,11-4-2)12-8-6-5-7-9-12/h3-9,13H,1-2,10-11H2. The van der Waals surface area contributed by atoms with E-state index in [4.69, 9.17) is 0 Å². The van der Waals surface area contributed by atoms with E-state index in [1.807, 2.05) is 30.3 Å². The molecular formula is C12H16OS. The Hall–Kier alpha value is -0.990. The Kier molecular flexibility index (Phi) is 3.98. The first kappa shape index (κ1) is 11.1. The van der Waals surface area contributed by atoms with Gasteiger partial charge in [0.15, 0.2) is 0 Å². The second-order valence-electron chi connectivity index (χ2n) is 3.07. The van der Waals surface area contributed by atoms with E-state index < -0.39 is 10.3 Å². The molecule has 0 heterocycles. The van der Waals surface area contributed by atoms with Crippen molar-refractivity contribution in [2.45, 2.75) is 4.90 Å². The zero-order valence-corrected chi connectivity index (χ0v) is 9.04. The fourth-order valence-corrected chi connectivity index (χ4v) is 3.29. The Morgan fingerprint density at radius 3 is 2.00 bits per heavy atom. The molecule has 0 fully saturated rings. The Bertz CT molecular complexity index is 295. The van der Waals surface area contributed by atoms with Crippen molar-refractivity contribution >= 4 is 10.3 Å². The summed E-state index contributed by atoms with van der Waals surface area (Å²) < 4.78 is 10.4. The predicted octanol–water partition coefficient (Wildman–Crippen LogP) is 3.70. The van der Waals surface area contributed by atoms with Gasteiger partial charge in [0.1, 0.15) is 0 Å². The van der Waals surface area contributed by atoms with Crippen LogP contribution < -0.4 is 0 Å². The van der Waals surface area contributed by atoms with E-state index in [1.54, 1.807) is 12.2 Å². The summed E-state index contributed by atoms with van der Waals surface area (Å²) >= 11 is 0. The molecule has 0 unspecified atom stereocenters. The van der Waals surface area contributed by atoms with E-state index in [0.717, 1.165) is 4.90 Å². The third-order valence-corrected chi connectivity index (χ3v) is 4.69. The van der Waals surface area contributed by atoms with Crippen molar-refractivity contribution in [3.8, 4) is 0 Å². The predicted molar refractivity (Wildman–Crippen MR) is 65.1 cm³/mol. The van der Waals surface area contributed by atoms with Gasteiger partial charge < -0.3 is 4.55 Å². The molecule has 0 saturated heterocycles. The van der Waals surface area contributed by atoms with E-state index in [1.165, 1.54) is 0 Å². The first-order valence-electron chi connectivity index (χ1n) is 4.51. The molecule has 0 aliphatic rings. The highest BCUT2D eigenvalue weighted by Gasteiger charge is 2.19. The molecule has 0 atom stereocenters. The molecule has 0 aromatic heterocycles. The molecule has 14 heavy (non-hydrogen) atoms. The minimum atomic E-state index is -1.75. The van der Waals surface area contributed by atoms with Crippen LogP contribution in [0.3, 0.4) is 0 Å². The average Bonchev–Trinajstić information content (AvgIpc) is 2.20. The van der Waals surface area contributed by atoms with Crippen LogP contribution in [0, 0.1) is 0 Å². The molecule has 0 spiro atoms. The summed E-state index contributed by atoms with van der Waals surface area (Å²) in [7, 11) is -1.75. The van der Waals surface area contributed by atoms with Crippen molar-refractivity contribution in [3.05, 3.63) is 55.6 Å². The van der Waals surface area contributed by atoms with Crippen LogP contribution in [-0.2, 0) is 0 Å². The number of benzene rings is 1. The van der Waals surface area contributed by atoms with Crippen molar-refractivity contribution in [1.29, 1.82) is 0 Å². The van der Waals surface area contributed by atoms with Crippen molar-refractivity contribution in [2.75, 3.05) is 11.5 Å². The first-order chi connectivity index (χ1) is 6.73. The molecule has 2 heteroatoms. The van der Waals surface area contributed by atoms with Crippen LogP contribution in [0.15, 0.2) is 60.5 Å². The lowest BCUT2D eigenvalue weighted by atomic mass is 10.4. The van der Waals surface area contributed by atoms with Crippen molar-refractivity contribution in [2.24, 2.45) is 0 Å². The van der Waals surface area contributed by atoms with Crippen molar-refractivity contribution < 1.29 is 4.55 Å². The molecule has 1 rings (SSSR count). The summed E-state index contributed by atoms with van der Waals surface area (Å²) in [6, 6.07) is 9.76. The van der Waals surface area contributed by atoms with Crippen LogP contribution in [0.1, 0.15) is 0 Å². The van der Waals surface area contributed by atoms with Crippen LogP contribution >= 0.6 is 10.3 Å². The third-order valence-electron chi connectivity index (χ3n) is 1.97. The van der Waals surface area contributed by atoms with E-state index in [9.17, 15) is 4.55 Å². The molecule has 76 valence electrons. The smallest absolute Gasteiger partial charge is 0.0210 e. The maximum Gasteiger partial charge on any atom is 0.0210 e. The monoisotopic (exact) mass is 208 g/mol. The Labute approximate surface area is 87.3 Å². The Morgan fingerprint density at radius 2 is 1.57 bits per heavy atom. The van der Waals surface area contributed by atoms with Crippen molar-refractivity contribution in [1.82, 2.24) is 0 Å². The van der Waals surface area contributed by atoms with Gasteiger partial charge in [-0.3, -0.25) is 0 Å². The molecular weight excluding hydrogens is 192 g/mol. The maximum absolute atomic E-state index is 10.4. The van der Waals surface area contributed by atoms with E-state index in [-0.39, 0.29) is 0 Å². The lowest BCUT2D eigenvalue weighted by molar-refractivity contribution is 0.630. The van der Waals surface area contributed by atoms with Crippen LogP contribution in [0.2, 0.25) is 0 Å². The summed E-state index contributed by atoms with van der Waals surface area (Å²) in [6.45, 7) is 7.36. The minimum absolute atomic E-state index is 0.628. The minimum Gasteiger partial charge on any atom is -0.347 e. The summed E-state index contributed by atoms with van der Waals surface area (Å²) in [5.74, 6) is 1.26. The van der Waals surface area contributed by atoms with Gasteiger partial charge in [0.2, 0.25) is 0 Å². The van der Waals surface area contributed by atoms with Gasteiger partial charge in [-0.05, 0) is 12.1 Å². The SMILES string of the molecule is C=CCS(O)(CC=C)c1ccccc1. The summed E-state index contributed by atoms with van der Waals surface area (Å²) in [5.41, 5.74) is 0. The van der Waals surface area contributed by atoms with Gasteiger partial charge in [-0.2, -0.15) is 0 Å². The highest BCUT2D eigenvalue weighted by molar-refractivity contribution is 8.29. The first-order valence-corrected chi connectivity index (χ1v) is 6.44. The van der Waals surface area contributed by atoms with Gasteiger partial charge in [-0.25, -0.2) is 0 Å². The van der Waals surface area contributed by atoms with Crippen molar-refractivity contribution in [3.63, 3.8) is 0 Å². The number of hydrogen-bond acceptors (Lipinski definition) is 1. The van der Waals surface area contributed by atoms with E-state index >= 15 is 0 Å². The van der Waals surface area contributed by atoms with E-state index in [0.29, 0.717) is 11.5 Å². The van der Waals surface area contributed by atoms with Crippen LogP contribution in [-0.4, -0.2) is 16.1 Å². The van der Waals surface area contributed by atoms with Gasteiger partial charge in [0, 0.05) is 16.4 Å². The van der Waals surface area contributed by atoms with Crippen LogP contribution in [0.25, 0.3) is 0 Å². The normalized spacial score (nSPS) is 12.1. The second-order valence-corrected chi connectivity index (χ2v) is 5.89. The highest BCUT2D eigenvalue weighted by atomic mass is 32.3. The fraction of sp³-hybridized carbons (Fsp3) is 0.167. The van der Waals surface area contributed by atoms with Gasteiger partial charge in [-0.1, -0.05) is 30.4 Å². The summed E-state index contributed by atoms with van der Waals surface area (Å²) in [6.07, 6.45) is 3.54. The molecule has 0 aliphatic heterocycles. The van der Waals surface area contributed by atoms with Gasteiger partial charge in [0.25, 0.3) is 0 Å². The van der Waals surface area contributed by atoms with E-state index in [2.05, 4.69) is 13.2 Å². The fourth-order valence-electron chi connectivity index (χ4n) is 1.32. The molecule has 1 nitrogen and oxygen atoms in total. The lowest BCUT2D eigenvalue weighted by Crippen LogP contribution is -2.06. The molecule has 0 radical (unpaired) electrons. The maximum atomic E-state index is 10.4.